The SMILES string of the molecule is CC#CC1CNC(=O)N1c1nc2c3c(ccc2s1)OCO3. The monoisotopic (exact) mass is 301 g/mol. The minimum atomic E-state index is -0.187. The number of hydrogen-bond acceptors (Lipinski definition) is 5. The first kappa shape index (κ1) is 12.3. The van der Waals surface area contributed by atoms with Crippen molar-refractivity contribution in [1.29, 1.82) is 0 Å². The molecule has 0 saturated carbocycles. The second-order valence-corrected chi connectivity index (χ2v) is 5.62. The van der Waals surface area contributed by atoms with Gasteiger partial charge in [-0.15, -0.1) is 5.92 Å². The fourth-order valence-electron chi connectivity index (χ4n) is 2.45. The molecule has 1 saturated heterocycles. The maximum absolute atomic E-state index is 12.0. The molecule has 21 heavy (non-hydrogen) atoms. The summed E-state index contributed by atoms with van der Waals surface area (Å²) in [7, 11) is 0. The molecule has 1 N–H and O–H groups in total. The highest BCUT2D eigenvalue weighted by Crippen LogP contribution is 2.42. The van der Waals surface area contributed by atoms with Crippen molar-refractivity contribution in [3.63, 3.8) is 0 Å². The molecule has 2 amide bonds. The number of nitrogens with one attached hydrogen (secondary N) is 1. The Labute approximate surface area is 124 Å². The first-order valence-electron chi connectivity index (χ1n) is 6.46. The predicted molar refractivity (Wildman–Crippen MR) is 78.9 cm³/mol. The molecule has 6 nitrogen and oxygen atoms in total. The van der Waals surface area contributed by atoms with Gasteiger partial charge in [0.1, 0.15) is 11.6 Å². The van der Waals surface area contributed by atoms with Gasteiger partial charge in [0.25, 0.3) is 0 Å². The Balaban J connectivity index is 1.83. The van der Waals surface area contributed by atoms with E-state index < -0.39 is 0 Å². The van der Waals surface area contributed by atoms with Crippen LogP contribution in [0.25, 0.3) is 10.2 Å². The number of ether oxygens (including phenoxy) is 2. The molecular formula is C14H11N3O3S. The number of benzene rings is 1. The molecule has 1 unspecified atom stereocenters. The first-order valence-corrected chi connectivity index (χ1v) is 7.28. The molecule has 106 valence electrons. The van der Waals surface area contributed by atoms with E-state index in [1.165, 1.54) is 11.3 Å². The lowest BCUT2D eigenvalue weighted by atomic mass is 10.3. The van der Waals surface area contributed by atoms with E-state index in [0.717, 1.165) is 10.2 Å². The molecule has 1 aromatic carbocycles. The quantitative estimate of drug-likeness (QED) is 0.818. The minimum Gasteiger partial charge on any atom is -0.454 e. The summed E-state index contributed by atoms with van der Waals surface area (Å²) < 4.78 is 11.8. The van der Waals surface area contributed by atoms with Crippen LogP contribution in [0, 0.1) is 11.8 Å². The van der Waals surface area contributed by atoms with E-state index >= 15 is 0 Å². The topological polar surface area (TPSA) is 63.7 Å². The van der Waals surface area contributed by atoms with E-state index in [2.05, 4.69) is 22.1 Å². The van der Waals surface area contributed by atoms with Gasteiger partial charge in [-0.25, -0.2) is 9.78 Å². The van der Waals surface area contributed by atoms with Crippen molar-refractivity contribution >= 4 is 32.7 Å². The number of rotatable bonds is 1. The Kier molecular flexibility index (Phi) is 2.65. The van der Waals surface area contributed by atoms with Crippen molar-refractivity contribution in [2.45, 2.75) is 13.0 Å². The first-order chi connectivity index (χ1) is 10.3. The molecule has 0 radical (unpaired) electrons. The zero-order valence-electron chi connectivity index (χ0n) is 11.2. The highest BCUT2D eigenvalue weighted by Gasteiger charge is 2.33. The van der Waals surface area contributed by atoms with E-state index in [1.807, 2.05) is 12.1 Å². The third-order valence-electron chi connectivity index (χ3n) is 3.38. The van der Waals surface area contributed by atoms with Crippen LogP contribution in [-0.2, 0) is 0 Å². The van der Waals surface area contributed by atoms with Gasteiger partial charge in [-0.05, 0) is 19.1 Å². The molecular weight excluding hydrogens is 290 g/mol. The van der Waals surface area contributed by atoms with Gasteiger partial charge in [0.2, 0.25) is 6.79 Å². The average molecular weight is 301 g/mol. The molecule has 2 aromatic rings. The maximum atomic E-state index is 12.0. The van der Waals surface area contributed by atoms with Crippen LogP contribution in [-0.4, -0.2) is 30.4 Å². The highest BCUT2D eigenvalue weighted by atomic mass is 32.1. The van der Waals surface area contributed by atoms with Gasteiger partial charge < -0.3 is 14.8 Å². The van der Waals surface area contributed by atoms with Gasteiger partial charge in [0, 0.05) is 0 Å². The van der Waals surface area contributed by atoms with E-state index in [4.69, 9.17) is 9.47 Å². The van der Waals surface area contributed by atoms with E-state index in [0.29, 0.717) is 23.2 Å². The number of anilines is 1. The molecule has 0 aliphatic carbocycles. The summed E-state index contributed by atoms with van der Waals surface area (Å²) in [6, 6.07) is 3.43. The molecule has 0 spiro atoms. The average Bonchev–Trinajstić information content (AvgIpc) is 3.15. The summed E-state index contributed by atoms with van der Waals surface area (Å²) in [5.41, 5.74) is 0.730. The summed E-state index contributed by atoms with van der Waals surface area (Å²) in [5, 5.41) is 3.42. The van der Waals surface area contributed by atoms with Crippen LogP contribution in [0.1, 0.15) is 6.92 Å². The van der Waals surface area contributed by atoms with Crippen LogP contribution in [0.4, 0.5) is 9.93 Å². The predicted octanol–water partition coefficient (Wildman–Crippen LogP) is 1.95. The van der Waals surface area contributed by atoms with Gasteiger partial charge in [-0.1, -0.05) is 17.3 Å². The molecule has 2 aliphatic rings. The normalized spacial score (nSPS) is 19.6. The van der Waals surface area contributed by atoms with Crippen LogP contribution in [0.3, 0.4) is 0 Å². The zero-order chi connectivity index (χ0) is 14.4. The Morgan fingerprint density at radius 1 is 1.48 bits per heavy atom. The van der Waals surface area contributed by atoms with Crippen LogP contribution >= 0.6 is 11.3 Å². The zero-order valence-corrected chi connectivity index (χ0v) is 12.0. The van der Waals surface area contributed by atoms with Crippen LogP contribution < -0.4 is 19.7 Å². The number of urea groups is 1. The molecule has 2 aliphatic heterocycles. The largest absolute Gasteiger partial charge is 0.454 e. The Morgan fingerprint density at radius 2 is 2.38 bits per heavy atom. The van der Waals surface area contributed by atoms with Gasteiger partial charge >= 0.3 is 6.03 Å². The molecule has 1 aromatic heterocycles. The summed E-state index contributed by atoms with van der Waals surface area (Å²) in [5.74, 6) is 7.21. The lowest BCUT2D eigenvalue weighted by molar-refractivity contribution is 0.174. The van der Waals surface area contributed by atoms with Gasteiger partial charge in [0.05, 0.1) is 11.2 Å². The molecule has 4 rings (SSSR count). The third kappa shape index (κ3) is 1.80. The number of thiazole rings is 1. The lowest BCUT2D eigenvalue weighted by Gasteiger charge is -2.14. The maximum Gasteiger partial charge on any atom is 0.324 e. The van der Waals surface area contributed by atoms with Crippen molar-refractivity contribution in [2.24, 2.45) is 0 Å². The molecule has 3 heterocycles. The number of amides is 2. The molecule has 0 bridgehead atoms. The van der Waals surface area contributed by atoms with Crippen LogP contribution in [0.2, 0.25) is 0 Å². The Hall–Kier alpha value is -2.46. The summed E-state index contributed by atoms with van der Waals surface area (Å²) in [6.07, 6.45) is 0. The highest BCUT2D eigenvalue weighted by molar-refractivity contribution is 7.22. The second-order valence-electron chi connectivity index (χ2n) is 4.61. The summed E-state index contributed by atoms with van der Waals surface area (Å²) in [4.78, 5) is 18.2. The molecule has 1 fully saturated rings. The molecule has 7 heteroatoms. The number of carbonyl (C=O) groups is 1. The Bertz CT molecular complexity index is 805. The molecule has 1 atom stereocenters. The van der Waals surface area contributed by atoms with Crippen LogP contribution in [0.15, 0.2) is 12.1 Å². The number of fused-ring (bicyclic) bond motifs is 3. The summed E-state index contributed by atoms with van der Waals surface area (Å²) in [6.45, 7) is 2.47. The smallest absolute Gasteiger partial charge is 0.324 e. The second kappa shape index (κ2) is 4.53. The number of carbonyl (C=O) groups excluding carboxylic acids is 1. The number of aromatic nitrogens is 1. The number of hydrogen-bond donors (Lipinski definition) is 1. The lowest BCUT2D eigenvalue weighted by Crippen LogP contribution is -2.33. The van der Waals surface area contributed by atoms with Crippen molar-refractivity contribution in [3.05, 3.63) is 12.1 Å². The van der Waals surface area contributed by atoms with Gasteiger partial charge in [-0.3, -0.25) is 4.90 Å². The van der Waals surface area contributed by atoms with E-state index in [-0.39, 0.29) is 18.9 Å². The van der Waals surface area contributed by atoms with Crippen molar-refractivity contribution in [3.8, 4) is 23.3 Å². The van der Waals surface area contributed by atoms with Gasteiger partial charge in [-0.2, -0.15) is 0 Å². The third-order valence-corrected chi connectivity index (χ3v) is 4.40. The number of nitrogens with zero attached hydrogens (tertiary/aromatic N) is 2. The fraction of sp³-hybridized carbons (Fsp3) is 0.286. The van der Waals surface area contributed by atoms with Crippen molar-refractivity contribution in [2.75, 3.05) is 18.2 Å². The van der Waals surface area contributed by atoms with Crippen LogP contribution in [0.5, 0.6) is 11.5 Å². The summed E-state index contributed by atoms with van der Waals surface area (Å²) >= 11 is 1.44. The van der Waals surface area contributed by atoms with Crippen molar-refractivity contribution in [1.82, 2.24) is 10.3 Å². The van der Waals surface area contributed by atoms with E-state index in [9.17, 15) is 4.79 Å². The fourth-order valence-corrected chi connectivity index (χ4v) is 3.47. The van der Waals surface area contributed by atoms with Crippen molar-refractivity contribution < 1.29 is 14.3 Å². The minimum absolute atomic E-state index is 0.171. The van der Waals surface area contributed by atoms with E-state index in [1.54, 1.807) is 11.8 Å². The standard InChI is InChI=1S/C14H11N3O3S/c1-2-3-8-6-15-13(18)17(8)14-16-11-10(21-14)5-4-9-12(11)20-7-19-9/h4-5,8H,6-7H2,1H3,(H,15,18). The Morgan fingerprint density at radius 3 is 3.24 bits per heavy atom. The van der Waals surface area contributed by atoms with Gasteiger partial charge in [0.15, 0.2) is 16.6 Å².